The van der Waals surface area contributed by atoms with Crippen molar-refractivity contribution in [1.82, 2.24) is 40.5 Å². The highest BCUT2D eigenvalue weighted by atomic mass is 16.5. The predicted octanol–water partition coefficient (Wildman–Crippen LogP) is 4.36. The van der Waals surface area contributed by atoms with Gasteiger partial charge >= 0.3 is 6.03 Å². The van der Waals surface area contributed by atoms with Crippen LogP contribution in [0.2, 0.25) is 0 Å². The van der Waals surface area contributed by atoms with Crippen molar-refractivity contribution >= 4 is 34.9 Å². The van der Waals surface area contributed by atoms with E-state index in [1.165, 1.54) is 11.1 Å². The van der Waals surface area contributed by atoms with Crippen molar-refractivity contribution in [1.29, 1.82) is 0 Å². The molecule has 13 heteroatoms. The van der Waals surface area contributed by atoms with Crippen LogP contribution in [-0.4, -0.2) is 74.8 Å². The zero-order valence-electron chi connectivity index (χ0n) is 28.0. The van der Waals surface area contributed by atoms with E-state index >= 15 is 0 Å². The number of amides is 3. The van der Waals surface area contributed by atoms with E-state index < -0.39 is 6.10 Å². The molecule has 2 aliphatic heterocycles. The standard InChI is InChI=1S/C37H42N10O3/c1-2-38-35(48)30-16-17-31(50-30)47-24-42-32-33(40-22-29(25-11-5-3-6-12-25)26-13-7-4-8-14-26)44-36(45-34(32)47)46-20-18-28(23-46)43-37(49)41-21-27-15-9-10-19-39-27/h3-15,19,24,28-31H,2,16-18,20-23H2,1H3,(H,38,48)(H,40,44,45)(H2,41,43,49)/t28-,30+,31-/m1/s1. The fraction of sp³-hybridized carbons (Fsp3) is 0.351. The lowest BCUT2D eigenvalue weighted by Crippen LogP contribution is -2.43. The van der Waals surface area contributed by atoms with Crippen molar-refractivity contribution in [2.75, 3.05) is 36.4 Å². The molecule has 2 aromatic carbocycles. The molecule has 258 valence electrons. The minimum Gasteiger partial charge on any atom is -0.367 e. The van der Waals surface area contributed by atoms with Gasteiger partial charge in [0.15, 0.2) is 17.0 Å². The van der Waals surface area contributed by atoms with Gasteiger partial charge in [0.1, 0.15) is 12.3 Å². The van der Waals surface area contributed by atoms with Crippen molar-refractivity contribution < 1.29 is 14.3 Å². The van der Waals surface area contributed by atoms with E-state index in [1.807, 2.05) is 41.8 Å². The number of hydrogen-bond donors (Lipinski definition) is 4. The number of rotatable bonds is 12. The maximum absolute atomic E-state index is 12.7. The lowest BCUT2D eigenvalue weighted by molar-refractivity contribution is -0.133. The molecule has 2 fully saturated rings. The smallest absolute Gasteiger partial charge is 0.315 e. The molecule has 2 saturated heterocycles. The number of imidazole rings is 1. The average molecular weight is 675 g/mol. The maximum atomic E-state index is 12.7. The summed E-state index contributed by atoms with van der Waals surface area (Å²) in [5.74, 6) is 1.11. The molecule has 3 amide bonds. The number of likely N-dealkylation sites (N-methyl/N-ethyl adjacent to an activating group) is 1. The van der Waals surface area contributed by atoms with E-state index in [0.29, 0.717) is 68.5 Å². The summed E-state index contributed by atoms with van der Waals surface area (Å²) in [6.45, 7) is 4.58. The van der Waals surface area contributed by atoms with Crippen LogP contribution in [0.3, 0.4) is 0 Å². The van der Waals surface area contributed by atoms with Gasteiger partial charge in [-0.25, -0.2) is 9.78 Å². The molecular weight excluding hydrogens is 632 g/mol. The van der Waals surface area contributed by atoms with Crippen molar-refractivity contribution in [3.63, 3.8) is 0 Å². The Kier molecular flexibility index (Phi) is 10.1. The summed E-state index contributed by atoms with van der Waals surface area (Å²) in [6.07, 6.45) is 4.53. The van der Waals surface area contributed by atoms with Gasteiger partial charge in [0.2, 0.25) is 11.9 Å². The van der Waals surface area contributed by atoms with Gasteiger partial charge in [-0.05, 0) is 49.4 Å². The minimum atomic E-state index is -0.525. The van der Waals surface area contributed by atoms with E-state index in [2.05, 4.69) is 79.7 Å². The third-order valence-electron chi connectivity index (χ3n) is 9.20. The molecule has 3 aromatic heterocycles. The fourth-order valence-electron chi connectivity index (χ4n) is 6.65. The summed E-state index contributed by atoms with van der Waals surface area (Å²) < 4.78 is 8.13. The first-order valence-corrected chi connectivity index (χ1v) is 17.3. The molecule has 0 radical (unpaired) electrons. The molecule has 3 atom stereocenters. The summed E-state index contributed by atoms with van der Waals surface area (Å²) in [5.41, 5.74) is 4.42. The summed E-state index contributed by atoms with van der Waals surface area (Å²) in [7, 11) is 0. The van der Waals surface area contributed by atoms with Crippen molar-refractivity contribution in [2.45, 2.75) is 57.0 Å². The molecule has 4 N–H and O–H groups in total. The highest BCUT2D eigenvalue weighted by Gasteiger charge is 2.34. The van der Waals surface area contributed by atoms with E-state index in [9.17, 15) is 9.59 Å². The average Bonchev–Trinajstić information content (AvgIpc) is 3.93. The number of benzene rings is 2. The normalized spacial score (nSPS) is 18.8. The molecule has 7 rings (SSSR count). The van der Waals surface area contributed by atoms with Crippen LogP contribution in [0.5, 0.6) is 0 Å². The second-order valence-electron chi connectivity index (χ2n) is 12.6. The number of hydrogen-bond acceptors (Lipinski definition) is 9. The van der Waals surface area contributed by atoms with Crippen LogP contribution in [0.4, 0.5) is 16.6 Å². The highest BCUT2D eigenvalue weighted by Crippen LogP contribution is 2.34. The first kappa shape index (κ1) is 33.0. The Morgan fingerprint density at radius 1 is 0.900 bits per heavy atom. The van der Waals surface area contributed by atoms with E-state index in [4.69, 9.17) is 19.7 Å². The van der Waals surface area contributed by atoms with Crippen LogP contribution in [0.1, 0.15) is 55.2 Å². The van der Waals surface area contributed by atoms with Gasteiger partial charge in [-0.1, -0.05) is 66.7 Å². The third-order valence-corrected chi connectivity index (χ3v) is 9.20. The largest absolute Gasteiger partial charge is 0.367 e. The predicted molar refractivity (Wildman–Crippen MR) is 191 cm³/mol. The topological polar surface area (TPSA) is 151 Å². The Bertz CT molecular complexity index is 1850. The molecule has 0 bridgehead atoms. The molecule has 13 nitrogen and oxygen atoms in total. The molecule has 0 saturated carbocycles. The number of carbonyl (C=O) groups excluding carboxylic acids is 2. The van der Waals surface area contributed by atoms with Gasteiger partial charge < -0.3 is 30.9 Å². The summed E-state index contributed by atoms with van der Waals surface area (Å²) in [6, 6.07) is 26.1. The number of urea groups is 1. The van der Waals surface area contributed by atoms with Crippen LogP contribution >= 0.6 is 0 Å². The molecule has 5 heterocycles. The number of nitrogens with zero attached hydrogens (tertiary/aromatic N) is 6. The van der Waals surface area contributed by atoms with Crippen molar-refractivity contribution in [3.8, 4) is 0 Å². The Labute approximate surface area is 290 Å². The van der Waals surface area contributed by atoms with Gasteiger partial charge in [-0.3, -0.25) is 14.3 Å². The summed E-state index contributed by atoms with van der Waals surface area (Å²) in [4.78, 5) is 46.5. The van der Waals surface area contributed by atoms with Gasteiger partial charge in [-0.15, -0.1) is 0 Å². The molecule has 0 spiro atoms. The molecule has 2 aliphatic rings. The monoisotopic (exact) mass is 674 g/mol. The second kappa shape index (κ2) is 15.3. The van der Waals surface area contributed by atoms with Gasteiger partial charge in [0.25, 0.3) is 0 Å². The Morgan fingerprint density at radius 2 is 1.66 bits per heavy atom. The summed E-state index contributed by atoms with van der Waals surface area (Å²) in [5, 5.41) is 12.5. The molecule has 5 aromatic rings. The number of fused-ring (bicyclic) bond motifs is 1. The number of pyridine rings is 1. The Morgan fingerprint density at radius 3 is 2.38 bits per heavy atom. The lowest BCUT2D eigenvalue weighted by Gasteiger charge is -2.22. The highest BCUT2D eigenvalue weighted by molar-refractivity contribution is 5.85. The van der Waals surface area contributed by atoms with Crippen molar-refractivity contribution in [2.24, 2.45) is 0 Å². The minimum absolute atomic E-state index is 0.0638. The van der Waals surface area contributed by atoms with Crippen LogP contribution in [0.25, 0.3) is 11.2 Å². The lowest BCUT2D eigenvalue weighted by atomic mass is 9.91. The molecule has 50 heavy (non-hydrogen) atoms. The fourth-order valence-corrected chi connectivity index (χ4v) is 6.65. The first-order valence-electron chi connectivity index (χ1n) is 17.3. The van der Waals surface area contributed by atoms with Gasteiger partial charge in [0.05, 0.1) is 18.6 Å². The first-order chi connectivity index (χ1) is 24.6. The zero-order valence-corrected chi connectivity index (χ0v) is 28.0. The van der Waals surface area contributed by atoms with Gasteiger partial charge in [0, 0.05) is 44.3 Å². The number of anilines is 2. The van der Waals surface area contributed by atoms with Gasteiger partial charge in [-0.2, -0.15) is 9.97 Å². The van der Waals surface area contributed by atoms with E-state index in [1.54, 1.807) is 12.5 Å². The SMILES string of the molecule is CCNC(=O)[C@@H]1CC[C@H](n2cnc3c(NCC(c4ccccc4)c4ccccc4)nc(N4CC[C@@H](NC(=O)NCc5ccccn5)C4)nc32)O1. The van der Waals surface area contributed by atoms with E-state index in [-0.39, 0.29) is 30.1 Å². The van der Waals surface area contributed by atoms with Crippen LogP contribution in [-0.2, 0) is 16.1 Å². The van der Waals surface area contributed by atoms with Crippen LogP contribution in [0, 0.1) is 0 Å². The Hall–Kier alpha value is -5.56. The number of ether oxygens (including phenoxy) is 1. The third kappa shape index (κ3) is 7.52. The molecular formula is C37H42N10O3. The number of aromatic nitrogens is 5. The maximum Gasteiger partial charge on any atom is 0.315 e. The van der Waals surface area contributed by atoms with Crippen LogP contribution < -0.4 is 26.2 Å². The Balaban J connectivity index is 1.14. The molecule has 0 aliphatic carbocycles. The van der Waals surface area contributed by atoms with E-state index in [0.717, 1.165) is 12.1 Å². The quantitative estimate of drug-likeness (QED) is 0.151. The van der Waals surface area contributed by atoms with Crippen LogP contribution in [0.15, 0.2) is 91.4 Å². The zero-order chi connectivity index (χ0) is 34.3. The van der Waals surface area contributed by atoms with Crippen molar-refractivity contribution in [3.05, 3.63) is 108 Å². The summed E-state index contributed by atoms with van der Waals surface area (Å²) >= 11 is 0. The second-order valence-corrected chi connectivity index (χ2v) is 12.6. The number of carbonyl (C=O) groups is 2. The molecule has 0 unspecified atom stereocenters. The number of nitrogens with one attached hydrogen (secondary N) is 4.